The van der Waals surface area contributed by atoms with E-state index in [0.29, 0.717) is 6.42 Å². The quantitative estimate of drug-likeness (QED) is 0.210. The molecule has 3 heterocycles. The molecule has 0 radical (unpaired) electrons. The maximum Gasteiger partial charge on any atom is 0.228 e. The first-order chi connectivity index (χ1) is 20.2. The average molecular weight is 572 g/mol. The maximum atomic E-state index is 13.1. The molecule has 7 nitrogen and oxygen atoms in total. The number of aromatic nitrogens is 2. The van der Waals surface area contributed by atoms with Gasteiger partial charge in [0.15, 0.2) is 5.82 Å². The van der Waals surface area contributed by atoms with Crippen LogP contribution in [0.25, 0.3) is 5.69 Å². The van der Waals surface area contributed by atoms with Crippen molar-refractivity contribution in [3.05, 3.63) is 94.8 Å². The fraction of sp³-hybridized carbons (Fsp3) is 0.394. The van der Waals surface area contributed by atoms with Crippen molar-refractivity contribution >= 4 is 23.1 Å². The summed E-state index contributed by atoms with van der Waals surface area (Å²) in [4.78, 5) is 18.8. The highest BCUT2D eigenvalue weighted by atomic mass is 32.1. The lowest BCUT2D eigenvalue weighted by Crippen LogP contribution is -2.48. The summed E-state index contributed by atoms with van der Waals surface area (Å²) in [5, 5.41) is 10.2. The molecule has 0 aliphatic carbocycles. The van der Waals surface area contributed by atoms with Gasteiger partial charge in [-0.15, -0.1) is 16.4 Å². The molecule has 1 aliphatic rings. The average Bonchev–Trinajstić information content (AvgIpc) is 3.73. The Morgan fingerprint density at radius 2 is 1.85 bits per heavy atom. The van der Waals surface area contributed by atoms with Gasteiger partial charge in [-0.25, -0.2) is 4.68 Å². The number of hydrogen-bond acceptors (Lipinski definition) is 6. The zero-order chi connectivity index (χ0) is 28.4. The van der Waals surface area contributed by atoms with Gasteiger partial charge < -0.3 is 15.0 Å². The molecule has 0 saturated carbocycles. The normalized spacial score (nSPS) is 15.1. The Morgan fingerprint density at radius 3 is 2.59 bits per heavy atom. The summed E-state index contributed by atoms with van der Waals surface area (Å²) >= 11 is 1.75. The van der Waals surface area contributed by atoms with Crippen LogP contribution in [-0.2, 0) is 11.2 Å². The number of piperidine rings is 1. The monoisotopic (exact) mass is 571 g/mol. The van der Waals surface area contributed by atoms with Crippen LogP contribution in [0.4, 0.5) is 5.82 Å². The number of likely N-dealkylation sites (tertiary alicyclic amines) is 1. The van der Waals surface area contributed by atoms with Crippen molar-refractivity contribution in [2.45, 2.75) is 51.2 Å². The molecule has 0 bridgehead atoms. The predicted molar refractivity (Wildman–Crippen MR) is 167 cm³/mol. The van der Waals surface area contributed by atoms with E-state index in [2.05, 4.69) is 52.0 Å². The Balaban J connectivity index is 1.19. The van der Waals surface area contributed by atoms with Gasteiger partial charge in [0.05, 0.1) is 5.69 Å². The third-order valence-electron chi connectivity index (χ3n) is 7.79. The summed E-state index contributed by atoms with van der Waals surface area (Å²) in [6, 6.07) is 24.9. The fourth-order valence-corrected chi connectivity index (χ4v) is 6.31. The number of ether oxygens (including phenoxy) is 1. The molecular weight excluding hydrogens is 530 g/mol. The number of thiophene rings is 1. The highest BCUT2D eigenvalue weighted by Crippen LogP contribution is 2.31. The third-order valence-corrected chi connectivity index (χ3v) is 8.76. The number of nitrogens with one attached hydrogen (secondary N) is 1. The molecule has 1 unspecified atom stereocenters. The van der Waals surface area contributed by atoms with E-state index in [1.165, 1.54) is 10.4 Å². The lowest BCUT2D eigenvalue weighted by molar-refractivity contribution is -0.119. The minimum atomic E-state index is 0.0480. The highest BCUT2D eigenvalue weighted by molar-refractivity contribution is 7.10. The molecule has 8 heteroatoms. The number of nitrogens with zero attached hydrogens (tertiary/aromatic N) is 4. The molecule has 216 valence electrons. The third kappa shape index (κ3) is 7.44. The van der Waals surface area contributed by atoms with E-state index in [1.54, 1.807) is 11.3 Å². The molecule has 0 spiro atoms. The second-order valence-electron chi connectivity index (χ2n) is 10.5. The van der Waals surface area contributed by atoms with Gasteiger partial charge in [0.2, 0.25) is 5.91 Å². The Kier molecular flexibility index (Phi) is 10.2. The van der Waals surface area contributed by atoms with Crippen LogP contribution in [0.1, 0.15) is 49.2 Å². The number of rotatable bonds is 13. The van der Waals surface area contributed by atoms with Gasteiger partial charge in [-0.05, 0) is 68.1 Å². The van der Waals surface area contributed by atoms with Crippen LogP contribution in [0.15, 0.2) is 84.4 Å². The van der Waals surface area contributed by atoms with E-state index < -0.39 is 0 Å². The van der Waals surface area contributed by atoms with E-state index in [-0.39, 0.29) is 18.1 Å². The van der Waals surface area contributed by atoms with E-state index in [9.17, 15) is 4.79 Å². The molecule has 1 aliphatic heterocycles. The minimum absolute atomic E-state index is 0.0480. The molecule has 4 aromatic rings. The smallest absolute Gasteiger partial charge is 0.228 e. The van der Waals surface area contributed by atoms with Crippen molar-refractivity contribution in [1.82, 2.24) is 20.0 Å². The SMILES string of the molecule is CCC(=O)N(c1ccn(-c2ccccc2)n1)C1CCN(CCc2ccccc2OC(CCNC)c2cccs2)CC1. The van der Waals surface area contributed by atoms with Crippen molar-refractivity contribution in [2.75, 3.05) is 38.1 Å². The van der Waals surface area contributed by atoms with E-state index in [4.69, 9.17) is 9.84 Å². The number of carbonyl (C=O) groups is 1. The first-order valence-electron chi connectivity index (χ1n) is 14.7. The van der Waals surface area contributed by atoms with Gasteiger partial charge in [-0.2, -0.15) is 0 Å². The largest absolute Gasteiger partial charge is 0.485 e. The molecule has 2 aromatic carbocycles. The van der Waals surface area contributed by atoms with Crippen molar-refractivity contribution in [1.29, 1.82) is 0 Å². The summed E-state index contributed by atoms with van der Waals surface area (Å²) in [5.74, 6) is 1.85. The number of hydrogen-bond donors (Lipinski definition) is 1. The second-order valence-corrected chi connectivity index (χ2v) is 11.5. The molecule has 41 heavy (non-hydrogen) atoms. The summed E-state index contributed by atoms with van der Waals surface area (Å²) in [6.07, 6.45) is 6.19. The standard InChI is InChI=1S/C33H41N5O2S/c1-3-33(39)38(32-19-24-37(35-32)27-11-5-4-6-12-27)28-17-22-36(23-18-28)21-16-26-10-7-8-13-29(26)40-30(15-20-34-2)31-14-9-25-41-31/h4-14,19,24-25,28,30,34H,3,15-18,20-23H2,1-2H3. The zero-order valence-electron chi connectivity index (χ0n) is 24.1. The van der Waals surface area contributed by atoms with Crippen LogP contribution >= 0.6 is 11.3 Å². The van der Waals surface area contributed by atoms with Crippen LogP contribution in [0.3, 0.4) is 0 Å². The number of carbonyl (C=O) groups excluding carboxylic acids is 1. The summed E-state index contributed by atoms with van der Waals surface area (Å²) in [6.45, 7) is 5.72. The Labute approximate surface area is 247 Å². The van der Waals surface area contributed by atoms with E-state index >= 15 is 0 Å². The van der Waals surface area contributed by atoms with Crippen molar-refractivity contribution in [3.63, 3.8) is 0 Å². The summed E-state index contributed by atoms with van der Waals surface area (Å²) < 4.78 is 8.45. The Bertz CT molecular complexity index is 1350. The van der Waals surface area contributed by atoms with E-state index in [1.807, 2.05) is 66.1 Å². The van der Waals surface area contributed by atoms with Gasteiger partial charge >= 0.3 is 0 Å². The van der Waals surface area contributed by atoms with Gasteiger partial charge in [-0.1, -0.05) is 49.4 Å². The highest BCUT2D eigenvalue weighted by Gasteiger charge is 2.30. The molecular formula is C33H41N5O2S. The maximum absolute atomic E-state index is 13.1. The van der Waals surface area contributed by atoms with Gasteiger partial charge in [0, 0.05) is 55.7 Å². The first-order valence-corrected chi connectivity index (χ1v) is 15.6. The van der Waals surface area contributed by atoms with Crippen LogP contribution in [0.2, 0.25) is 0 Å². The summed E-state index contributed by atoms with van der Waals surface area (Å²) in [7, 11) is 1.98. The molecule has 1 atom stereocenters. The van der Waals surface area contributed by atoms with Gasteiger partial charge in [0.25, 0.3) is 0 Å². The topological polar surface area (TPSA) is 62.6 Å². The van der Waals surface area contributed by atoms with Crippen LogP contribution in [0.5, 0.6) is 5.75 Å². The van der Waals surface area contributed by atoms with Crippen LogP contribution in [0, 0.1) is 0 Å². The first kappa shape index (κ1) is 29.0. The lowest BCUT2D eigenvalue weighted by atomic mass is 10.0. The second kappa shape index (κ2) is 14.4. The number of benzene rings is 2. The molecule has 2 aromatic heterocycles. The van der Waals surface area contributed by atoms with Crippen molar-refractivity contribution < 1.29 is 9.53 Å². The number of amides is 1. The van der Waals surface area contributed by atoms with Gasteiger partial charge in [0.1, 0.15) is 11.9 Å². The fourth-order valence-electron chi connectivity index (χ4n) is 5.52. The van der Waals surface area contributed by atoms with Crippen LogP contribution in [-0.4, -0.2) is 59.9 Å². The Morgan fingerprint density at radius 1 is 1.07 bits per heavy atom. The molecule has 5 rings (SSSR count). The van der Waals surface area contributed by atoms with Crippen LogP contribution < -0.4 is 15.0 Å². The number of para-hydroxylation sites is 2. The Hall–Kier alpha value is -3.46. The zero-order valence-corrected chi connectivity index (χ0v) is 24.9. The lowest BCUT2D eigenvalue weighted by Gasteiger charge is -2.37. The summed E-state index contributed by atoms with van der Waals surface area (Å²) in [5.41, 5.74) is 2.24. The minimum Gasteiger partial charge on any atom is -0.485 e. The molecule has 1 fully saturated rings. The molecule has 1 amide bonds. The van der Waals surface area contributed by atoms with Gasteiger partial charge in [-0.3, -0.25) is 9.69 Å². The van der Waals surface area contributed by atoms with Crippen molar-refractivity contribution in [3.8, 4) is 11.4 Å². The molecule has 1 N–H and O–H groups in total. The van der Waals surface area contributed by atoms with Crippen molar-refractivity contribution in [2.24, 2.45) is 0 Å². The molecule has 1 saturated heterocycles. The number of anilines is 1. The van der Waals surface area contributed by atoms with E-state index in [0.717, 1.165) is 69.1 Å². The predicted octanol–water partition coefficient (Wildman–Crippen LogP) is 6.11.